The van der Waals surface area contributed by atoms with Crippen LogP contribution in [0.1, 0.15) is 16.1 Å². The topological polar surface area (TPSA) is 97.0 Å². The molecule has 1 saturated heterocycles. The average Bonchev–Trinajstić information content (AvgIpc) is 2.74. The zero-order valence-electron chi connectivity index (χ0n) is 16.7. The predicted octanol–water partition coefficient (Wildman–Crippen LogP) is 1.92. The number of carboxylic acids is 1. The maximum atomic E-state index is 12.4. The van der Waals surface area contributed by atoms with Crippen molar-refractivity contribution >= 4 is 11.9 Å². The van der Waals surface area contributed by atoms with E-state index in [0.29, 0.717) is 17.8 Å². The highest BCUT2D eigenvalue weighted by Crippen LogP contribution is 2.16. The lowest BCUT2D eigenvalue weighted by atomic mass is 10.2. The van der Waals surface area contributed by atoms with Gasteiger partial charge in [0.15, 0.2) is 6.20 Å². The minimum atomic E-state index is -5.08. The molecule has 2 aromatic rings. The van der Waals surface area contributed by atoms with E-state index in [9.17, 15) is 23.2 Å². The van der Waals surface area contributed by atoms with Gasteiger partial charge in [-0.15, -0.1) is 0 Å². The predicted molar refractivity (Wildman–Crippen MR) is 103 cm³/mol. The highest BCUT2D eigenvalue weighted by atomic mass is 19.4. The Bertz CT molecular complexity index is 900. The second-order valence-corrected chi connectivity index (χ2v) is 6.63. The number of hydrogen-bond acceptors (Lipinski definition) is 5. The van der Waals surface area contributed by atoms with Crippen molar-refractivity contribution in [2.45, 2.75) is 12.7 Å². The van der Waals surface area contributed by atoms with E-state index in [1.54, 1.807) is 30.2 Å². The molecule has 0 bridgehead atoms. The average molecular weight is 441 g/mol. The molecular formula is C20H22F3N3O5. The van der Waals surface area contributed by atoms with Crippen LogP contribution in [0.5, 0.6) is 5.75 Å². The van der Waals surface area contributed by atoms with E-state index in [0.717, 1.165) is 25.4 Å². The lowest BCUT2D eigenvalue weighted by Crippen LogP contribution is -2.50. The van der Waals surface area contributed by atoms with E-state index in [1.807, 2.05) is 18.2 Å². The summed E-state index contributed by atoms with van der Waals surface area (Å²) >= 11 is 0. The number of aromatic nitrogens is 1. The number of piperazine rings is 1. The van der Waals surface area contributed by atoms with Crippen LogP contribution in [0.15, 0.2) is 48.7 Å². The van der Waals surface area contributed by atoms with Crippen LogP contribution in [0.25, 0.3) is 0 Å². The SMILES string of the molecule is COc1cccc(CN2CCN(C(=O)c3cccc[n+]3[O-])CC2)c1.O=C(O)C(F)(F)F. The van der Waals surface area contributed by atoms with Gasteiger partial charge in [0.25, 0.3) is 5.69 Å². The van der Waals surface area contributed by atoms with Crippen molar-refractivity contribution in [3.8, 4) is 5.75 Å². The van der Waals surface area contributed by atoms with Gasteiger partial charge < -0.3 is 20.0 Å². The normalized spacial score (nSPS) is 14.4. The number of carboxylic acid groups (broad SMARTS) is 1. The first kappa shape index (κ1) is 23.9. The number of hydrogen-bond donors (Lipinski definition) is 1. The Hall–Kier alpha value is -3.34. The fraction of sp³-hybridized carbons (Fsp3) is 0.350. The molecule has 1 aromatic heterocycles. The fourth-order valence-corrected chi connectivity index (χ4v) is 2.89. The standard InChI is InChI=1S/C18H21N3O3.C2HF3O2/c1-24-16-6-4-5-15(13-16)14-19-9-11-20(12-10-19)18(22)17-7-2-3-8-21(17)23;3-2(4,5)1(6)7/h2-8,13H,9-12,14H2,1H3;(H,6,7). The van der Waals surface area contributed by atoms with Gasteiger partial charge in [-0.05, 0) is 23.8 Å². The Labute approximate surface area is 176 Å². The summed E-state index contributed by atoms with van der Waals surface area (Å²) in [4.78, 5) is 25.4. The minimum Gasteiger partial charge on any atom is -0.618 e. The molecule has 1 fully saturated rings. The summed E-state index contributed by atoms with van der Waals surface area (Å²) in [7, 11) is 1.66. The summed E-state index contributed by atoms with van der Waals surface area (Å²) in [6, 6.07) is 12.9. The molecule has 8 nitrogen and oxygen atoms in total. The van der Waals surface area contributed by atoms with Crippen LogP contribution in [0.3, 0.4) is 0 Å². The number of halogens is 3. The van der Waals surface area contributed by atoms with E-state index in [-0.39, 0.29) is 11.6 Å². The number of carbonyl (C=O) groups excluding carboxylic acids is 1. The molecule has 1 aliphatic heterocycles. The summed E-state index contributed by atoms with van der Waals surface area (Å²) in [5.41, 5.74) is 1.37. The van der Waals surface area contributed by atoms with Gasteiger partial charge in [-0.3, -0.25) is 9.69 Å². The van der Waals surface area contributed by atoms with Gasteiger partial charge in [0, 0.05) is 44.9 Å². The van der Waals surface area contributed by atoms with Crippen LogP contribution in [-0.4, -0.2) is 66.2 Å². The molecule has 0 saturated carbocycles. The zero-order chi connectivity index (χ0) is 23.0. The van der Waals surface area contributed by atoms with Crippen molar-refractivity contribution in [3.63, 3.8) is 0 Å². The molecule has 0 unspecified atom stereocenters. The lowest BCUT2D eigenvalue weighted by Gasteiger charge is -2.34. The Morgan fingerprint density at radius 3 is 2.32 bits per heavy atom. The number of rotatable bonds is 4. The molecule has 3 rings (SSSR count). The van der Waals surface area contributed by atoms with Crippen LogP contribution >= 0.6 is 0 Å². The van der Waals surface area contributed by atoms with Crippen LogP contribution in [0, 0.1) is 5.21 Å². The summed E-state index contributed by atoms with van der Waals surface area (Å²) < 4.78 is 37.6. The summed E-state index contributed by atoms with van der Waals surface area (Å²) in [5, 5.41) is 18.8. The maximum absolute atomic E-state index is 12.4. The number of aliphatic carboxylic acids is 1. The molecule has 1 N–H and O–H groups in total. The number of amides is 1. The number of carbonyl (C=O) groups is 2. The summed E-state index contributed by atoms with van der Waals surface area (Å²) in [5.74, 6) is -2.11. The molecule has 1 aliphatic rings. The zero-order valence-corrected chi connectivity index (χ0v) is 16.7. The fourth-order valence-electron chi connectivity index (χ4n) is 2.89. The van der Waals surface area contributed by atoms with Gasteiger partial charge in [0.2, 0.25) is 0 Å². The Kier molecular flexibility index (Phi) is 8.20. The molecule has 0 aliphatic carbocycles. The third kappa shape index (κ3) is 7.14. The summed E-state index contributed by atoms with van der Waals surface area (Å²) in [6.07, 6.45) is -3.73. The number of ether oxygens (including phenoxy) is 1. The molecular weight excluding hydrogens is 419 g/mol. The quantitative estimate of drug-likeness (QED) is 0.575. The van der Waals surface area contributed by atoms with Crippen molar-refractivity contribution in [1.29, 1.82) is 0 Å². The van der Waals surface area contributed by atoms with Gasteiger partial charge in [-0.1, -0.05) is 12.1 Å². The lowest BCUT2D eigenvalue weighted by molar-refractivity contribution is -0.608. The number of alkyl halides is 3. The van der Waals surface area contributed by atoms with Crippen molar-refractivity contribution in [3.05, 3.63) is 65.1 Å². The second kappa shape index (κ2) is 10.6. The van der Waals surface area contributed by atoms with Crippen LogP contribution in [-0.2, 0) is 11.3 Å². The van der Waals surface area contributed by atoms with Gasteiger partial charge in [0.1, 0.15) is 5.75 Å². The number of benzene rings is 1. The first-order valence-electron chi connectivity index (χ1n) is 9.24. The minimum absolute atomic E-state index is 0.179. The van der Waals surface area contributed by atoms with Crippen LogP contribution < -0.4 is 9.47 Å². The van der Waals surface area contributed by atoms with Crippen molar-refractivity contribution in [1.82, 2.24) is 9.80 Å². The van der Waals surface area contributed by atoms with Crippen molar-refractivity contribution < 1.29 is 37.3 Å². The Balaban J connectivity index is 0.000000423. The second-order valence-electron chi connectivity index (χ2n) is 6.63. The Morgan fingerprint density at radius 1 is 1.13 bits per heavy atom. The smallest absolute Gasteiger partial charge is 0.490 e. The van der Waals surface area contributed by atoms with Crippen LogP contribution in [0.4, 0.5) is 13.2 Å². The van der Waals surface area contributed by atoms with E-state index in [4.69, 9.17) is 14.6 Å². The largest absolute Gasteiger partial charge is 0.618 e. The number of nitrogens with zero attached hydrogens (tertiary/aromatic N) is 3. The highest BCUT2D eigenvalue weighted by molar-refractivity contribution is 5.91. The molecule has 0 atom stereocenters. The summed E-state index contributed by atoms with van der Waals surface area (Å²) in [6.45, 7) is 3.64. The number of methoxy groups -OCH3 is 1. The molecule has 1 aromatic carbocycles. The van der Waals surface area contributed by atoms with E-state index < -0.39 is 12.1 Å². The first-order valence-corrected chi connectivity index (χ1v) is 9.24. The molecule has 0 spiro atoms. The third-order valence-corrected chi connectivity index (χ3v) is 4.49. The number of pyridine rings is 1. The Morgan fingerprint density at radius 2 is 1.77 bits per heavy atom. The third-order valence-electron chi connectivity index (χ3n) is 4.49. The molecule has 0 radical (unpaired) electrons. The van der Waals surface area contributed by atoms with Crippen LogP contribution in [0.2, 0.25) is 0 Å². The highest BCUT2D eigenvalue weighted by Gasteiger charge is 2.38. The van der Waals surface area contributed by atoms with E-state index in [2.05, 4.69) is 11.0 Å². The monoisotopic (exact) mass is 441 g/mol. The van der Waals surface area contributed by atoms with Gasteiger partial charge in [-0.25, -0.2) is 4.79 Å². The molecule has 11 heteroatoms. The van der Waals surface area contributed by atoms with Crippen molar-refractivity contribution in [2.75, 3.05) is 33.3 Å². The molecule has 1 amide bonds. The van der Waals surface area contributed by atoms with Crippen molar-refractivity contribution in [2.24, 2.45) is 0 Å². The van der Waals surface area contributed by atoms with Gasteiger partial charge in [-0.2, -0.15) is 17.9 Å². The maximum Gasteiger partial charge on any atom is 0.490 e. The van der Waals surface area contributed by atoms with E-state index in [1.165, 1.54) is 11.8 Å². The first-order chi connectivity index (χ1) is 14.6. The van der Waals surface area contributed by atoms with Gasteiger partial charge >= 0.3 is 18.1 Å². The molecule has 168 valence electrons. The van der Waals surface area contributed by atoms with Gasteiger partial charge in [0.05, 0.1) is 7.11 Å². The van der Waals surface area contributed by atoms with E-state index >= 15 is 0 Å². The molecule has 31 heavy (non-hydrogen) atoms. The molecule has 2 heterocycles.